The normalized spacial score (nSPS) is 21.2. The van der Waals surface area contributed by atoms with E-state index in [1.807, 2.05) is 29.2 Å². The van der Waals surface area contributed by atoms with Crippen molar-refractivity contribution < 1.29 is 0 Å². The topological polar surface area (TPSA) is 53.1 Å². The fourth-order valence-corrected chi connectivity index (χ4v) is 3.62. The first kappa shape index (κ1) is 16.2. The van der Waals surface area contributed by atoms with Gasteiger partial charge in [-0.05, 0) is 42.0 Å². The fourth-order valence-electron chi connectivity index (χ4n) is 3.32. The van der Waals surface area contributed by atoms with Gasteiger partial charge in [-0.1, -0.05) is 59.6 Å². The summed E-state index contributed by atoms with van der Waals surface area (Å²) >= 11 is 12.2. The molecule has 1 aliphatic rings. The number of guanidine groups is 1. The highest BCUT2D eigenvalue weighted by molar-refractivity contribution is 6.42. The number of nitrogens with two attached hydrogens (primary N) is 1. The molecule has 1 saturated heterocycles. The predicted molar refractivity (Wildman–Crippen MR) is 96.2 cm³/mol. The number of hydrogen-bond acceptors (Lipinski definition) is 1. The SMILES string of the molecule is N=C(N)N1CCC(c2ccccc2)C[C@@H]1c1ccc(Cl)c(Cl)c1. The van der Waals surface area contributed by atoms with Gasteiger partial charge in [0.2, 0.25) is 0 Å². The number of hydrogen-bond donors (Lipinski definition) is 2. The van der Waals surface area contributed by atoms with Gasteiger partial charge in [0.25, 0.3) is 0 Å². The second-order valence-corrected chi connectivity index (χ2v) is 6.71. The van der Waals surface area contributed by atoms with Crippen molar-refractivity contribution in [3.05, 3.63) is 69.7 Å². The number of halogens is 2. The number of nitrogens with zero attached hydrogens (tertiary/aromatic N) is 1. The van der Waals surface area contributed by atoms with Gasteiger partial charge >= 0.3 is 0 Å². The van der Waals surface area contributed by atoms with Crippen LogP contribution in [0.5, 0.6) is 0 Å². The molecule has 0 aliphatic carbocycles. The van der Waals surface area contributed by atoms with Crippen LogP contribution < -0.4 is 5.73 Å². The van der Waals surface area contributed by atoms with Crippen molar-refractivity contribution in [2.24, 2.45) is 5.73 Å². The Morgan fingerprint density at radius 1 is 1.04 bits per heavy atom. The molecule has 2 atom stereocenters. The summed E-state index contributed by atoms with van der Waals surface area (Å²) in [6, 6.07) is 16.2. The van der Waals surface area contributed by atoms with Gasteiger partial charge in [-0.25, -0.2) is 0 Å². The van der Waals surface area contributed by atoms with Crippen LogP contribution in [0.3, 0.4) is 0 Å². The Bertz CT molecular complexity index is 703. The lowest BCUT2D eigenvalue weighted by atomic mass is 9.83. The highest BCUT2D eigenvalue weighted by Gasteiger charge is 2.31. The molecule has 3 nitrogen and oxygen atoms in total. The van der Waals surface area contributed by atoms with Gasteiger partial charge in [0.05, 0.1) is 16.1 Å². The van der Waals surface area contributed by atoms with Gasteiger partial charge < -0.3 is 10.6 Å². The monoisotopic (exact) mass is 347 g/mol. The van der Waals surface area contributed by atoms with Crippen molar-refractivity contribution >= 4 is 29.2 Å². The van der Waals surface area contributed by atoms with Crippen molar-refractivity contribution in [1.29, 1.82) is 5.41 Å². The van der Waals surface area contributed by atoms with E-state index in [2.05, 4.69) is 24.3 Å². The summed E-state index contributed by atoms with van der Waals surface area (Å²) in [6.07, 6.45) is 1.89. The van der Waals surface area contributed by atoms with Crippen LogP contribution in [0, 0.1) is 5.41 Å². The van der Waals surface area contributed by atoms with Gasteiger partial charge in [0, 0.05) is 6.54 Å². The minimum Gasteiger partial charge on any atom is -0.370 e. The molecular formula is C18H19Cl2N3. The van der Waals surface area contributed by atoms with Crippen LogP contribution in [0.4, 0.5) is 0 Å². The van der Waals surface area contributed by atoms with Crippen LogP contribution in [0.1, 0.15) is 35.9 Å². The number of nitrogens with one attached hydrogen (secondary N) is 1. The van der Waals surface area contributed by atoms with Crippen molar-refractivity contribution in [3.63, 3.8) is 0 Å². The lowest BCUT2D eigenvalue weighted by molar-refractivity contribution is 0.219. The average Bonchev–Trinajstić information content (AvgIpc) is 2.57. The summed E-state index contributed by atoms with van der Waals surface area (Å²) < 4.78 is 0. The Labute approximate surface area is 146 Å². The first-order valence-corrected chi connectivity index (χ1v) is 8.42. The van der Waals surface area contributed by atoms with Gasteiger partial charge in [0.15, 0.2) is 5.96 Å². The van der Waals surface area contributed by atoms with Crippen molar-refractivity contribution in [2.75, 3.05) is 6.54 Å². The highest BCUT2D eigenvalue weighted by atomic mass is 35.5. The second kappa shape index (κ2) is 6.81. The molecule has 1 unspecified atom stereocenters. The molecule has 0 bridgehead atoms. The molecule has 3 rings (SSSR count). The van der Waals surface area contributed by atoms with Crippen LogP contribution in [0.2, 0.25) is 10.0 Å². The Morgan fingerprint density at radius 3 is 2.43 bits per heavy atom. The third kappa shape index (κ3) is 3.46. The zero-order valence-electron chi connectivity index (χ0n) is 12.7. The summed E-state index contributed by atoms with van der Waals surface area (Å²) in [7, 11) is 0. The van der Waals surface area contributed by atoms with Crippen molar-refractivity contribution in [1.82, 2.24) is 4.90 Å². The molecule has 1 heterocycles. The number of rotatable bonds is 2. The van der Waals surface area contributed by atoms with Crippen molar-refractivity contribution in [3.8, 4) is 0 Å². The predicted octanol–water partition coefficient (Wildman–Crippen LogP) is 4.81. The second-order valence-electron chi connectivity index (χ2n) is 5.90. The van der Waals surface area contributed by atoms with Crippen LogP contribution in [-0.4, -0.2) is 17.4 Å². The molecular weight excluding hydrogens is 329 g/mol. The number of likely N-dealkylation sites (tertiary alicyclic amines) is 1. The van der Waals surface area contributed by atoms with E-state index >= 15 is 0 Å². The largest absolute Gasteiger partial charge is 0.370 e. The Hall–Kier alpha value is -1.71. The molecule has 0 aromatic heterocycles. The van der Waals surface area contributed by atoms with Gasteiger partial charge in [-0.2, -0.15) is 0 Å². The van der Waals surface area contributed by atoms with Crippen LogP contribution >= 0.6 is 23.2 Å². The lowest BCUT2D eigenvalue weighted by Gasteiger charge is -2.40. The molecule has 23 heavy (non-hydrogen) atoms. The quantitative estimate of drug-likeness (QED) is 0.605. The molecule has 0 amide bonds. The van der Waals surface area contributed by atoms with Gasteiger partial charge in [-0.3, -0.25) is 5.41 Å². The van der Waals surface area contributed by atoms with Crippen LogP contribution in [0.25, 0.3) is 0 Å². The van der Waals surface area contributed by atoms with E-state index in [1.54, 1.807) is 0 Å². The molecule has 0 radical (unpaired) electrons. The number of benzene rings is 2. The van der Waals surface area contributed by atoms with E-state index in [-0.39, 0.29) is 12.0 Å². The Balaban J connectivity index is 1.91. The maximum absolute atomic E-state index is 7.88. The van der Waals surface area contributed by atoms with E-state index in [4.69, 9.17) is 34.3 Å². The standard InChI is InChI=1S/C18H19Cl2N3/c19-15-7-6-14(10-16(15)20)17-11-13(8-9-23(17)18(21)22)12-4-2-1-3-5-12/h1-7,10,13,17H,8-9,11H2,(H3,21,22)/t13?,17-/m1/s1. The first-order chi connectivity index (χ1) is 11.1. The third-order valence-electron chi connectivity index (χ3n) is 4.51. The molecule has 0 saturated carbocycles. The summed E-state index contributed by atoms with van der Waals surface area (Å²) in [5, 5.41) is 8.96. The number of piperidine rings is 1. The fraction of sp³-hybridized carbons (Fsp3) is 0.278. The molecule has 1 fully saturated rings. The van der Waals surface area contributed by atoms with E-state index in [0.29, 0.717) is 16.0 Å². The highest BCUT2D eigenvalue weighted by Crippen LogP contribution is 2.40. The average molecular weight is 348 g/mol. The minimum atomic E-state index is 0.0428. The molecule has 1 aliphatic heterocycles. The summed E-state index contributed by atoms with van der Waals surface area (Å²) in [5.74, 6) is 0.554. The third-order valence-corrected chi connectivity index (χ3v) is 5.25. The molecule has 2 aromatic rings. The maximum Gasteiger partial charge on any atom is 0.188 e. The first-order valence-electron chi connectivity index (χ1n) is 7.67. The van der Waals surface area contributed by atoms with Crippen LogP contribution in [-0.2, 0) is 0 Å². The van der Waals surface area contributed by atoms with Crippen molar-refractivity contribution in [2.45, 2.75) is 24.8 Å². The van der Waals surface area contributed by atoms with Gasteiger partial charge in [0.1, 0.15) is 0 Å². The zero-order chi connectivity index (χ0) is 16.4. The lowest BCUT2D eigenvalue weighted by Crippen LogP contribution is -2.44. The Kier molecular flexibility index (Phi) is 4.79. The summed E-state index contributed by atoms with van der Waals surface area (Å²) in [4.78, 5) is 1.94. The molecule has 0 spiro atoms. The van der Waals surface area contributed by atoms with E-state index in [1.165, 1.54) is 5.56 Å². The van der Waals surface area contributed by atoms with Gasteiger partial charge in [-0.15, -0.1) is 0 Å². The zero-order valence-corrected chi connectivity index (χ0v) is 14.2. The molecule has 2 aromatic carbocycles. The van der Waals surface area contributed by atoms with E-state index < -0.39 is 0 Å². The Morgan fingerprint density at radius 2 is 1.78 bits per heavy atom. The molecule has 3 N–H and O–H groups in total. The summed E-state index contributed by atoms with van der Waals surface area (Å²) in [6.45, 7) is 0.764. The summed E-state index contributed by atoms with van der Waals surface area (Å²) in [5.41, 5.74) is 8.18. The maximum atomic E-state index is 7.88. The van der Waals surface area contributed by atoms with E-state index in [0.717, 1.165) is 24.9 Å². The van der Waals surface area contributed by atoms with E-state index in [9.17, 15) is 0 Å². The molecule has 120 valence electrons. The molecule has 5 heteroatoms. The minimum absolute atomic E-state index is 0.0428. The smallest absolute Gasteiger partial charge is 0.188 e. The van der Waals surface area contributed by atoms with Crippen LogP contribution in [0.15, 0.2) is 48.5 Å².